The first kappa shape index (κ1) is 15.5. The smallest absolute Gasteiger partial charge is 0.228 e. The molecule has 0 N–H and O–H groups in total. The van der Waals surface area contributed by atoms with E-state index >= 15 is 0 Å². The summed E-state index contributed by atoms with van der Waals surface area (Å²) in [6, 6.07) is 10.3. The van der Waals surface area contributed by atoms with Gasteiger partial charge in [0.1, 0.15) is 6.26 Å². The van der Waals surface area contributed by atoms with E-state index in [1.165, 1.54) is 18.2 Å². The molecule has 0 unspecified atom stereocenters. The van der Waals surface area contributed by atoms with Crippen LogP contribution in [0.1, 0.15) is 11.3 Å². The molecule has 2 aromatic rings. The largest absolute Gasteiger partial charge is 0.451 e. The molecule has 3 rings (SSSR count). The van der Waals surface area contributed by atoms with Crippen molar-refractivity contribution in [2.75, 3.05) is 32.7 Å². The van der Waals surface area contributed by atoms with Gasteiger partial charge in [-0.15, -0.1) is 0 Å². The first-order valence-corrected chi connectivity index (χ1v) is 7.90. The van der Waals surface area contributed by atoms with Crippen molar-refractivity contribution in [3.8, 4) is 0 Å². The van der Waals surface area contributed by atoms with E-state index in [1.807, 2.05) is 23.1 Å². The number of oxazole rings is 1. The van der Waals surface area contributed by atoms with Crippen LogP contribution in [-0.2, 0) is 11.2 Å². The Morgan fingerprint density at radius 1 is 1.17 bits per heavy atom. The van der Waals surface area contributed by atoms with Gasteiger partial charge in [0, 0.05) is 32.7 Å². The molecule has 0 saturated carbocycles. The molecule has 0 spiro atoms. The van der Waals surface area contributed by atoms with Crippen LogP contribution in [0.4, 0.5) is 0 Å². The SMILES string of the molecule is O=C(Cc1cocn1)N1CCN(C/C=C/c2ccccc2)CC1. The highest BCUT2D eigenvalue weighted by molar-refractivity contribution is 5.78. The Labute approximate surface area is 136 Å². The summed E-state index contributed by atoms with van der Waals surface area (Å²) < 4.78 is 4.90. The first-order valence-electron chi connectivity index (χ1n) is 7.90. The van der Waals surface area contributed by atoms with Crippen LogP contribution in [0.2, 0.25) is 0 Å². The number of carbonyl (C=O) groups is 1. The lowest BCUT2D eigenvalue weighted by Crippen LogP contribution is -2.49. The molecule has 120 valence electrons. The summed E-state index contributed by atoms with van der Waals surface area (Å²) in [5, 5.41) is 0. The van der Waals surface area contributed by atoms with Gasteiger partial charge in [-0.25, -0.2) is 4.98 Å². The number of rotatable bonds is 5. The Balaban J connectivity index is 1.41. The molecule has 0 bridgehead atoms. The summed E-state index contributed by atoms with van der Waals surface area (Å²) >= 11 is 0. The minimum atomic E-state index is 0.123. The zero-order chi connectivity index (χ0) is 15.9. The van der Waals surface area contributed by atoms with Gasteiger partial charge in [-0.1, -0.05) is 42.5 Å². The number of piperazine rings is 1. The average Bonchev–Trinajstić information content (AvgIpc) is 3.09. The fourth-order valence-electron chi connectivity index (χ4n) is 2.67. The van der Waals surface area contributed by atoms with Gasteiger partial charge in [0.05, 0.1) is 12.1 Å². The van der Waals surface area contributed by atoms with Crippen molar-refractivity contribution in [2.24, 2.45) is 0 Å². The number of benzene rings is 1. The van der Waals surface area contributed by atoms with E-state index in [-0.39, 0.29) is 5.91 Å². The molecule has 1 aliphatic rings. The Bertz CT molecular complexity index is 630. The van der Waals surface area contributed by atoms with E-state index in [0.29, 0.717) is 12.1 Å². The van der Waals surface area contributed by atoms with Crippen LogP contribution in [0.15, 0.2) is 53.5 Å². The number of nitrogens with zero attached hydrogens (tertiary/aromatic N) is 3. The van der Waals surface area contributed by atoms with Crippen LogP contribution in [0.5, 0.6) is 0 Å². The van der Waals surface area contributed by atoms with Crippen molar-refractivity contribution < 1.29 is 9.21 Å². The van der Waals surface area contributed by atoms with Crippen LogP contribution in [0.3, 0.4) is 0 Å². The molecule has 1 aromatic heterocycles. The van der Waals surface area contributed by atoms with Crippen molar-refractivity contribution in [3.05, 3.63) is 60.3 Å². The van der Waals surface area contributed by atoms with Gasteiger partial charge in [-0.3, -0.25) is 9.69 Å². The zero-order valence-corrected chi connectivity index (χ0v) is 13.1. The Hall–Kier alpha value is -2.40. The summed E-state index contributed by atoms with van der Waals surface area (Å²) in [4.78, 5) is 20.5. The quantitative estimate of drug-likeness (QED) is 0.848. The van der Waals surface area contributed by atoms with E-state index in [2.05, 4.69) is 34.2 Å². The van der Waals surface area contributed by atoms with Crippen LogP contribution in [0.25, 0.3) is 6.08 Å². The van der Waals surface area contributed by atoms with Gasteiger partial charge >= 0.3 is 0 Å². The third kappa shape index (κ3) is 4.53. The minimum Gasteiger partial charge on any atom is -0.451 e. The molecule has 2 heterocycles. The molecule has 1 fully saturated rings. The number of aromatic nitrogens is 1. The van der Waals surface area contributed by atoms with Crippen molar-refractivity contribution >= 4 is 12.0 Å². The molecular formula is C18H21N3O2. The van der Waals surface area contributed by atoms with E-state index in [1.54, 1.807) is 0 Å². The molecule has 1 saturated heterocycles. The van der Waals surface area contributed by atoms with Crippen molar-refractivity contribution in [1.29, 1.82) is 0 Å². The Morgan fingerprint density at radius 2 is 1.96 bits per heavy atom. The maximum Gasteiger partial charge on any atom is 0.228 e. The highest BCUT2D eigenvalue weighted by Crippen LogP contribution is 2.07. The third-order valence-electron chi connectivity index (χ3n) is 4.01. The zero-order valence-electron chi connectivity index (χ0n) is 13.1. The summed E-state index contributed by atoms with van der Waals surface area (Å²) in [5.74, 6) is 0.123. The van der Waals surface area contributed by atoms with Crippen molar-refractivity contribution in [2.45, 2.75) is 6.42 Å². The number of hydrogen-bond acceptors (Lipinski definition) is 4. The summed E-state index contributed by atoms with van der Waals surface area (Å²) in [6.45, 7) is 4.28. The van der Waals surface area contributed by atoms with Crippen LogP contribution in [0, 0.1) is 0 Å². The maximum atomic E-state index is 12.2. The highest BCUT2D eigenvalue weighted by Gasteiger charge is 2.20. The lowest BCUT2D eigenvalue weighted by Gasteiger charge is -2.34. The molecular weight excluding hydrogens is 290 g/mol. The third-order valence-corrected chi connectivity index (χ3v) is 4.01. The predicted molar refractivity (Wildman–Crippen MR) is 88.7 cm³/mol. The van der Waals surface area contributed by atoms with Gasteiger partial charge in [0.25, 0.3) is 0 Å². The molecule has 0 aliphatic carbocycles. The van der Waals surface area contributed by atoms with E-state index in [9.17, 15) is 4.79 Å². The lowest BCUT2D eigenvalue weighted by atomic mass is 10.2. The van der Waals surface area contributed by atoms with Crippen LogP contribution >= 0.6 is 0 Å². The number of hydrogen-bond donors (Lipinski definition) is 0. The summed E-state index contributed by atoms with van der Waals surface area (Å²) in [5.41, 5.74) is 1.91. The van der Waals surface area contributed by atoms with Gasteiger partial charge in [-0.05, 0) is 5.56 Å². The second-order valence-electron chi connectivity index (χ2n) is 5.65. The molecule has 0 radical (unpaired) electrons. The number of carbonyl (C=O) groups excluding carboxylic acids is 1. The van der Waals surface area contributed by atoms with Crippen molar-refractivity contribution in [1.82, 2.24) is 14.8 Å². The Morgan fingerprint density at radius 3 is 2.65 bits per heavy atom. The normalized spacial score (nSPS) is 16.1. The molecule has 23 heavy (non-hydrogen) atoms. The second kappa shape index (κ2) is 7.74. The summed E-state index contributed by atoms with van der Waals surface area (Å²) in [7, 11) is 0. The lowest BCUT2D eigenvalue weighted by molar-refractivity contribution is -0.132. The summed E-state index contributed by atoms with van der Waals surface area (Å²) in [6.07, 6.45) is 7.54. The van der Waals surface area contributed by atoms with E-state index in [0.717, 1.165) is 32.7 Å². The first-order chi connectivity index (χ1) is 11.3. The van der Waals surface area contributed by atoms with Gasteiger partial charge in [-0.2, -0.15) is 0 Å². The van der Waals surface area contributed by atoms with E-state index < -0.39 is 0 Å². The molecule has 5 nitrogen and oxygen atoms in total. The van der Waals surface area contributed by atoms with Gasteiger partial charge < -0.3 is 9.32 Å². The highest BCUT2D eigenvalue weighted by atomic mass is 16.3. The fraction of sp³-hybridized carbons (Fsp3) is 0.333. The maximum absolute atomic E-state index is 12.2. The molecule has 0 atom stereocenters. The molecule has 1 aliphatic heterocycles. The predicted octanol–water partition coefficient (Wildman–Crippen LogP) is 2.07. The molecule has 1 amide bonds. The molecule has 1 aromatic carbocycles. The average molecular weight is 311 g/mol. The van der Waals surface area contributed by atoms with E-state index in [4.69, 9.17) is 4.42 Å². The monoisotopic (exact) mass is 311 g/mol. The van der Waals surface area contributed by atoms with Gasteiger partial charge in [0.2, 0.25) is 5.91 Å². The standard InChI is InChI=1S/C18H21N3O2/c22-18(13-17-14-23-15-19-17)21-11-9-20(10-12-21)8-4-7-16-5-2-1-3-6-16/h1-7,14-15H,8-13H2/b7-4+. The number of amides is 1. The van der Waals surface area contributed by atoms with Gasteiger partial charge in [0.15, 0.2) is 6.39 Å². The topological polar surface area (TPSA) is 49.6 Å². The second-order valence-corrected chi connectivity index (χ2v) is 5.65. The minimum absolute atomic E-state index is 0.123. The Kier molecular flexibility index (Phi) is 5.21. The van der Waals surface area contributed by atoms with Crippen LogP contribution < -0.4 is 0 Å². The van der Waals surface area contributed by atoms with Crippen molar-refractivity contribution in [3.63, 3.8) is 0 Å². The van der Waals surface area contributed by atoms with Crippen LogP contribution in [-0.4, -0.2) is 53.4 Å². The molecule has 5 heteroatoms. The fourth-order valence-corrected chi connectivity index (χ4v) is 2.67.